The van der Waals surface area contributed by atoms with Crippen molar-refractivity contribution in [1.82, 2.24) is 9.62 Å². The number of nitrogens with one attached hydrogen (secondary N) is 1. The summed E-state index contributed by atoms with van der Waals surface area (Å²) in [6, 6.07) is 0. The molecule has 1 saturated heterocycles. The number of carbonyl (C=O) groups excluding carboxylic acids is 1. The predicted molar refractivity (Wildman–Crippen MR) is 67.1 cm³/mol. The molecule has 0 aromatic carbocycles. The number of sulfonamides is 1. The van der Waals surface area contributed by atoms with Crippen LogP contribution in [0.15, 0.2) is 0 Å². The Hall–Kier alpha value is -0.620. The van der Waals surface area contributed by atoms with Crippen LogP contribution in [-0.2, 0) is 14.8 Å². The third-order valence-corrected chi connectivity index (χ3v) is 5.46. The molecule has 0 aromatic heterocycles. The number of amides is 1. The maximum absolute atomic E-state index is 11.7. The van der Waals surface area contributed by atoms with Crippen LogP contribution >= 0.6 is 0 Å². The Morgan fingerprint density at radius 3 is 2.41 bits per heavy atom. The average Bonchev–Trinajstić information content (AvgIpc) is 2.26. The van der Waals surface area contributed by atoms with Crippen LogP contribution in [-0.4, -0.2) is 43.0 Å². The minimum absolute atomic E-state index is 0.279. The summed E-state index contributed by atoms with van der Waals surface area (Å²) in [5, 5.41) is 3.24. The van der Waals surface area contributed by atoms with Gasteiger partial charge in [-0.3, -0.25) is 4.79 Å². The lowest BCUT2D eigenvalue weighted by Crippen LogP contribution is -2.67. The van der Waals surface area contributed by atoms with Crippen LogP contribution in [0.25, 0.3) is 0 Å². The van der Waals surface area contributed by atoms with Crippen molar-refractivity contribution < 1.29 is 13.2 Å². The van der Waals surface area contributed by atoms with Gasteiger partial charge in [0.15, 0.2) is 4.75 Å². The SMILES string of the molecule is CCCNCCCCN1C(=O)C(C)(C)S1(=O)=O. The van der Waals surface area contributed by atoms with E-state index in [1.807, 2.05) is 0 Å². The highest BCUT2D eigenvalue weighted by atomic mass is 32.2. The number of unbranched alkanes of at least 4 members (excludes halogenated alkanes) is 1. The smallest absolute Gasteiger partial charge is 0.258 e. The first kappa shape index (κ1) is 14.4. The molecule has 1 heterocycles. The third kappa shape index (κ3) is 2.63. The fourth-order valence-corrected chi connectivity index (χ4v) is 3.35. The molecule has 17 heavy (non-hydrogen) atoms. The van der Waals surface area contributed by atoms with Gasteiger partial charge in [0.1, 0.15) is 0 Å². The van der Waals surface area contributed by atoms with E-state index in [1.54, 1.807) is 0 Å². The molecule has 1 fully saturated rings. The highest BCUT2D eigenvalue weighted by molar-refractivity contribution is 7.94. The van der Waals surface area contributed by atoms with Crippen molar-refractivity contribution in [3.63, 3.8) is 0 Å². The van der Waals surface area contributed by atoms with Gasteiger partial charge in [-0.2, -0.15) is 0 Å². The van der Waals surface area contributed by atoms with Gasteiger partial charge in [0.2, 0.25) is 0 Å². The van der Waals surface area contributed by atoms with Crippen LogP contribution in [0, 0.1) is 0 Å². The van der Waals surface area contributed by atoms with Crippen molar-refractivity contribution >= 4 is 15.9 Å². The van der Waals surface area contributed by atoms with Crippen molar-refractivity contribution in [2.24, 2.45) is 0 Å². The van der Waals surface area contributed by atoms with Gasteiger partial charge >= 0.3 is 0 Å². The molecular formula is C11H22N2O3S. The van der Waals surface area contributed by atoms with Gasteiger partial charge in [0, 0.05) is 6.54 Å². The van der Waals surface area contributed by atoms with E-state index in [4.69, 9.17) is 0 Å². The Kier molecular flexibility index (Phi) is 4.55. The maximum atomic E-state index is 11.7. The van der Waals surface area contributed by atoms with Gasteiger partial charge in [-0.25, -0.2) is 12.7 Å². The molecule has 0 aliphatic carbocycles. The summed E-state index contributed by atoms with van der Waals surface area (Å²) in [7, 11) is -3.38. The van der Waals surface area contributed by atoms with Gasteiger partial charge in [0.05, 0.1) is 0 Å². The Balaban J connectivity index is 2.28. The van der Waals surface area contributed by atoms with Crippen molar-refractivity contribution in [2.75, 3.05) is 19.6 Å². The van der Waals surface area contributed by atoms with Crippen molar-refractivity contribution in [3.05, 3.63) is 0 Å². The molecule has 0 aromatic rings. The Morgan fingerprint density at radius 1 is 1.24 bits per heavy atom. The molecule has 5 nitrogen and oxygen atoms in total. The van der Waals surface area contributed by atoms with E-state index < -0.39 is 14.8 Å². The van der Waals surface area contributed by atoms with E-state index >= 15 is 0 Å². The Bertz CT molecular complexity index is 376. The lowest BCUT2D eigenvalue weighted by molar-refractivity contribution is -0.132. The largest absolute Gasteiger partial charge is 0.317 e. The lowest BCUT2D eigenvalue weighted by atomic mass is 10.2. The number of carbonyl (C=O) groups is 1. The first-order valence-electron chi connectivity index (χ1n) is 6.13. The molecule has 0 bridgehead atoms. The molecule has 1 aliphatic rings. The molecule has 0 saturated carbocycles. The predicted octanol–water partition coefficient (Wildman–Crippen LogP) is 0.717. The van der Waals surface area contributed by atoms with Crippen LogP contribution in [0.1, 0.15) is 40.0 Å². The minimum Gasteiger partial charge on any atom is -0.317 e. The summed E-state index contributed by atoms with van der Waals surface area (Å²) in [6.45, 7) is 7.19. The molecule has 0 spiro atoms. The standard InChI is InChI=1S/C11H22N2O3S/c1-4-7-12-8-5-6-9-13-10(14)11(2,3)17(13,15)16/h12H,4-9H2,1-3H3. The second-order valence-corrected chi connectivity index (χ2v) is 7.26. The maximum Gasteiger partial charge on any atom is 0.258 e. The van der Waals surface area contributed by atoms with Crippen LogP contribution < -0.4 is 5.32 Å². The third-order valence-electron chi connectivity index (χ3n) is 3.07. The number of rotatable bonds is 7. The van der Waals surface area contributed by atoms with E-state index in [0.29, 0.717) is 6.54 Å². The van der Waals surface area contributed by atoms with Crippen molar-refractivity contribution in [1.29, 1.82) is 0 Å². The fourth-order valence-electron chi connectivity index (χ4n) is 1.79. The Labute approximate surface area is 104 Å². The van der Waals surface area contributed by atoms with Crippen molar-refractivity contribution in [3.8, 4) is 0 Å². The molecule has 6 heteroatoms. The second-order valence-electron chi connectivity index (χ2n) is 4.85. The quantitative estimate of drug-likeness (QED) is 0.686. The Morgan fingerprint density at radius 2 is 1.88 bits per heavy atom. The van der Waals surface area contributed by atoms with Gasteiger partial charge in [0.25, 0.3) is 15.9 Å². The molecule has 1 N–H and O–H groups in total. The van der Waals surface area contributed by atoms with Gasteiger partial charge in [-0.1, -0.05) is 6.92 Å². The van der Waals surface area contributed by atoms with Crippen molar-refractivity contribution in [2.45, 2.75) is 44.8 Å². The van der Waals surface area contributed by atoms with Gasteiger partial charge < -0.3 is 5.32 Å². The molecule has 1 rings (SSSR count). The van der Waals surface area contributed by atoms with E-state index in [0.717, 1.165) is 36.7 Å². The number of hydrogen-bond acceptors (Lipinski definition) is 4. The molecule has 100 valence electrons. The highest BCUT2D eigenvalue weighted by Crippen LogP contribution is 2.34. The van der Waals surface area contributed by atoms with E-state index in [2.05, 4.69) is 12.2 Å². The number of hydrogen-bond donors (Lipinski definition) is 1. The monoisotopic (exact) mass is 262 g/mol. The van der Waals surface area contributed by atoms with Gasteiger partial charge in [-0.05, 0) is 46.2 Å². The van der Waals surface area contributed by atoms with Crippen LogP contribution in [0.5, 0.6) is 0 Å². The normalized spacial score (nSPS) is 21.4. The first-order valence-corrected chi connectivity index (χ1v) is 7.57. The summed E-state index contributed by atoms with van der Waals surface area (Å²) in [5.41, 5.74) is 0. The average molecular weight is 262 g/mol. The summed E-state index contributed by atoms with van der Waals surface area (Å²) in [6.07, 6.45) is 2.70. The topological polar surface area (TPSA) is 66.5 Å². The first-order chi connectivity index (χ1) is 7.85. The minimum atomic E-state index is -3.38. The summed E-state index contributed by atoms with van der Waals surface area (Å²) in [5.74, 6) is -0.279. The van der Waals surface area contributed by atoms with Crippen LogP contribution in [0.4, 0.5) is 0 Å². The fraction of sp³-hybridized carbons (Fsp3) is 0.909. The van der Waals surface area contributed by atoms with Crippen LogP contribution in [0.3, 0.4) is 0 Å². The van der Waals surface area contributed by atoms with E-state index in [1.165, 1.54) is 13.8 Å². The second kappa shape index (κ2) is 5.35. The molecule has 0 radical (unpaired) electrons. The molecule has 1 aliphatic heterocycles. The zero-order valence-electron chi connectivity index (χ0n) is 10.8. The number of nitrogens with zero attached hydrogens (tertiary/aromatic N) is 1. The summed E-state index contributed by atoms with van der Waals surface area (Å²) >= 11 is 0. The zero-order chi connectivity index (χ0) is 13.1. The summed E-state index contributed by atoms with van der Waals surface area (Å²) in [4.78, 5) is 11.6. The summed E-state index contributed by atoms with van der Waals surface area (Å²) < 4.78 is 23.3. The molecule has 0 unspecified atom stereocenters. The van der Waals surface area contributed by atoms with E-state index in [9.17, 15) is 13.2 Å². The molecule has 0 atom stereocenters. The lowest BCUT2D eigenvalue weighted by Gasteiger charge is -2.43. The highest BCUT2D eigenvalue weighted by Gasteiger charge is 2.59. The van der Waals surface area contributed by atoms with Crippen LogP contribution in [0.2, 0.25) is 0 Å². The van der Waals surface area contributed by atoms with Gasteiger partial charge in [-0.15, -0.1) is 0 Å². The molecule has 1 amide bonds. The zero-order valence-corrected chi connectivity index (χ0v) is 11.6. The molecular weight excluding hydrogens is 240 g/mol. The van der Waals surface area contributed by atoms with E-state index in [-0.39, 0.29) is 5.91 Å².